The van der Waals surface area contributed by atoms with Gasteiger partial charge < -0.3 is 15.8 Å². The summed E-state index contributed by atoms with van der Waals surface area (Å²) >= 11 is 0. The number of nitrogens with zero attached hydrogens (tertiary/aromatic N) is 1. The van der Waals surface area contributed by atoms with E-state index in [1.54, 1.807) is 13.0 Å². The summed E-state index contributed by atoms with van der Waals surface area (Å²) in [7, 11) is 0. The molecule has 0 aromatic heterocycles. The highest BCUT2D eigenvalue weighted by Gasteiger charge is 2.28. The van der Waals surface area contributed by atoms with Crippen LogP contribution in [0.15, 0.2) is 60.7 Å². The predicted octanol–water partition coefficient (Wildman–Crippen LogP) is 4.38. The summed E-state index contributed by atoms with van der Waals surface area (Å²) < 4.78 is 5.45. The first kappa shape index (κ1) is 20.9. The fourth-order valence-corrected chi connectivity index (χ4v) is 3.94. The Balaban J connectivity index is 1.37. The fraction of sp³-hybridized carbons (Fsp3) is 0.160. The van der Waals surface area contributed by atoms with Crippen molar-refractivity contribution in [3.05, 3.63) is 93.0 Å². The highest BCUT2D eigenvalue weighted by Crippen LogP contribution is 2.44. The summed E-state index contributed by atoms with van der Waals surface area (Å²) in [4.78, 5) is 22.7. The van der Waals surface area contributed by atoms with Crippen molar-refractivity contribution >= 4 is 17.5 Å². The fourth-order valence-electron chi connectivity index (χ4n) is 3.94. The second-order valence-electron chi connectivity index (χ2n) is 7.48. The van der Waals surface area contributed by atoms with Gasteiger partial charge in [-0.1, -0.05) is 60.4 Å². The van der Waals surface area contributed by atoms with Crippen LogP contribution < -0.4 is 11.1 Å². The highest BCUT2D eigenvalue weighted by atomic mass is 16.6. The number of amides is 1. The number of rotatable bonds is 4. The van der Waals surface area contributed by atoms with Crippen molar-refractivity contribution in [3.8, 4) is 23.0 Å². The standard InChI is InChI=1S/C25H21N3O4/c1-16-13-17(24(26)23(14-16)28(30)31)7-6-12-27-25(29)32-15-22-20-10-4-2-8-18(20)19-9-3-5-11-21(19)22/h2-5,8-11,13-14,22H,12,15,26H2,1H3,(H,27,29). The molecule has 32 heavy (non-hydrogen) atoms. The van der Waals surface area contributed by atoms with E-state index in [-0.39, 0.29) is 30.4 Å². The minimum Gasteiger partial charge on any atom is -0.449 e. The molecule has 0 saturated carbocycles. The van der Waals surface area contributed by atoms with E-state index in [0.29, 0.717) is 11.1 Å². The molecule has 7 heteroatoms. The Morgan fingerprint density at radius 2 is 1.75 bits per heavy atom. The number of hydrogen-bond acceptors (Lipinski definition) is 5. The van der Waals surface area contributed by atoms with E-state index in [1.807, 2.05) is 24.3 Å². The van der Waals surface area contributed by atoms with Crippen molar-refractivity contribution in [3.63, 3.8) is 0 Å². The molecule has 1 amide bonds. The maximum absolute atomic E-state index is 12.2. The minimum atomic E-state index is -0.579. The highest BCUT2D eigenvalue weighted by molar-refractivity contribution is 5.79. The van der Waals surface area contributed by atoms with Gasteiger partial charge in [0.2, 0.25) is 0 Å². The summed E-state index contributed by atoms with van der Waals surface area (Å²) in [5.41, 5.74) is 11.3. The van der Waals surface area contributed by atoms with E-state index in [0.717, 1.165) is 22.3 Å². The average molecular weight is 427 g/mol. The molecule has 3 N–H and O–H groups in total. The van der Waals surface area contributed by atoms with Crippen molar-refractivity contribution in [1.82, 2.24) is 5.32 Å². The molecule has 0 spiro atoms. The van der Waals surface area contributed by atoms with E-state index in [1.165, 1.54) is 6.07 Å². The third-order valence-electron chi connectivity index (χ3n) is 5.39. The summed E-state index contributed by atoms with van der Waals surface area (Å²) in [6.07, 6.45) is -0.579. The molecule has 0 radical (unpaired) electrons. The summed E-state index contributed by atoms with van der Waals surface area (Å²) in [5.74, 6) is 5.52. The van der Waals surface area contributed by atoms with Gasteiger partial charge in [-0.15, -0.1) is 0 Å². The van der Waals surface area contributed by atoms with Gasteiger partial charge in [-0.25, -0.2) is 4.79 Å². The molecule has 7 nitrogen and oxygen atoms in total. The summed E-state index contributed by atoms with van der Waals surface area (Å²) in [6.45, 7) is 1.97. The minimum absolute atomic E-state index is 0.00856. The lowest BCUT2D eigenvalue weighted by molar-refractivity contribution is -0.384. The molecular formula is C25H21N3O4. The third-order valence-corrected chi connectivity index (χ3v) is 5.39. The lowest BCUT2D eigenvalue weighted by atomic mass is 9.98. The molecule has 3 aromatic rings. The Bertz CT molecular complexity index is 1230. The molecule has 1 aliphatic carbocycles. The van der Waals surface area contributed by atoms with Gasteiger partial charge in [-0.3, -0.25) is 10.1 Å². The molecular weight excluding hydrogens is 406 g/mol. The number of fused-ring (bicyclic) bond motifs is 3. The number of nitrogen functional groups attached to an aromatic ring is 1. The number of nitrogens with one attached hydrogen (secondary N) is 1. The van der Waals surface area contributed by atoms with Gasteiger partial charge in [0.15, 0.2) is 0 Å². The van der Waals surface area contributed by atoms with E-state index in [4.69, 9.17) is 10.5 Å². The zero-order valence-corrected chi connectivity index (χ0v) is 17.4. The Kier molecular flexibility index (Phi) is 5.77. The van der Waals surface area contributed by atoms with Gasteiger partial charge >= 0.3 is 6.09 Å². The van der Waals surface area contributed by atoms with Gasteiger partial charge in [0.1, 0.15) is 12.3 Å². The number of hydrogen-bond donors (Lipinski definition) is 2. The van der Waals surface area contributed by atoms with E-state index in [9.17, 15) is 14.9 Å². The number of carbonyl (C=O) groups is 1. The van der Waals surface area contributed by atoms with Crippen LogP contribution in [0.2, 0.25) is 0 Å². The molecule has 0 fully saturated rings. The first-order valence-electron chi connectivity index (χ1n) is 10.1. The number of nitrogens with two attached hydrogens (primary N) is 1. The zero-order chi connectivity index (χ0) is 22.7. The van der Waals surface area contributed by atoms with Crippen molar-refractivity contribution in [1.29, 1.82) is 0 Å². The second-order valence-corrected chi connectivity index (χ2v) is 7.48. The Morgan fingerprint density at radius 1 is 1.12 bits per heavy atom. The molecule has 160 valence electrons. The largest absolute Gasteiger partial charge is 0.449 e. The number of alkyl carbamates (subject to hydrolysis) is 1. The number of benzene rings is 3. The van der Waals surface area contributed by atoms with Gasteiger partial charge in [-0.05, 0) is 40.8 Å². The zero-order valence-electron chi connectivity index (χ0n) is 17.4. The predicted molar refractivity (Wildman–Crippen MR) is 122 cm³/mol. The number of ether oxygens (including phenoxy) is 1. The van der Waals surface area contributed by atoms with Crippen LogP contribution in [0.5, 0.6) is 0 Å². The van der Waals surface area contributed by atoms with Crippen LogP contribution in [0.1, 0.15) is 28.2 Å². The van der Waals surface area contributed by atoms with Crippen molar-refractivity contribution < 1.29 is 14.5 Å². The van der Waals surface area contributed by atoms with Crippen molar-refractivity contribution in [2.45, 2.75) is 12.8 Å². The smallest absolute Gasteiger partial charge is 0.407 e. The van der Waals surface area contributed by atoms with Gasteiger partial charge in [0.05, 0.1) is 17.0 Å². The monoisotopic (exact) mass is 427 g/mol. The normalized spacial score (nSPS) is 11.7. The molecule has 0 bridgehead atoms. The van der Waals surface area contributed by atoms with Crippen molar-refractivity contribution in [2.24, 2.45) is 0 Å². The van der Waals surface area contributed by atoms with Crippen LogP contribution in [0, 0.1) is 28.9 Å². The van der Waals surface area contributed by atoms with Crippen LogP contribution in [-0.2, 0) is 4.74 Å². The SMILES string of the molecule is Cc1cc(C#CCNC(=O)OCC2c3ccccc3-c3ccccc32)c(N)c([N+](=O)[O-])c1. The maximum Gasteiger partial charge on any atom is 0.407 e. The third kappa shape index (κ3) is 4.12. The van der Waals surface area contributed by atoms with E-state index in [2.05, 4.69) is 41.4 Å². The number of anilines is 1. The Labute approximate surface area is 185 Å². The van der Waals surface area contributed by atoms with Gasteiger partial charge in [-0.2, -0.15) is 0 Å². The van der Waals surface area contributed by atoms with Crippen LogP contribution in [0.4, 0.5) is 16.2 Å². The number of nitro groups is 1. The quantitative estimate of drug-likeness (QED) is 0.278. The lowest BCUT2D eigenvalue weighted by Crippen LogP contribution is -2.26. The molecule has 0 heterocycles. The molecule has 0 unspecified atom stereocenters. The van der Waals surface area contributed by atoms with Crippen LogP contribution in [0.25, 0.3) is 11.1 Å². The Hall–Kier alpha value is -4.31. The summed E-state index contributed by atoms with van der Waals surface area (Å²) in [6, 6.07) is 19.3. The molecule has 3 aromatic carbocycles. The first-order chi connectivity index (χ1) is 15.5. The summed E-state index contributed by atoms with van der Waals surface area (Å²) in [5, 5.41) is 13.7. The lowest BCUT2D eigenvalue weighted by Gasteiger charge is -2.14. The average Bonchev–Trinajstić information content (AvgIpc) is 3.11. The number of aryl methyl sites for hydroxylation is 1. The topological polar surface area (TPSA) is 107 Å². The molecule has 0 atom stereocenters. The molecule has 1 aliphatic rings. The maximum atomic E-state index is 12.2. The van der Waals surface area contributed by atoms with Gasteiger partial charge in [0.25, 0.3) is 5.69 Å². The molecule has 0 saturated heterocycles. The first-order valence-corrected chi connectivity index (χ1v) is 10.1. The molecule has 0 aliphatic heterocycles. The number of carbonyl (C=O) groups excluding carboxylic acids is 1. The second kappa shape index (κ2) is 8.82. The Morgan fingerprint density at radius 3 is 2.38 bits per heavy atom. The molecule has 4 rings (SSSR count). The number of nitro benzene ring substituents is 1. The van der Waals surface area contributed by atoms with Crippen LogP contribution in [0.3, 0.4) is 0 Å². The van der Waals surface area contributed by atoms with Crippen LogP contribution >= 0.6 is 0 Å². The van der Waals surface area contributed by atoms with E-state index >= 15 is 0 Å². The van der Waals surface area contributed by atoms with Crippen LogP contribution in [-0.4, -0.2) is 24.2 Å². The van der Waals surface area contributed by atoms with Gasteiger partial charge in [0, 0.05) is 12.0 Å². The van der Waals surface area contributed by atoms with Crippen molar-refractivity contribution in [2.75, 3.05) is 18.9 Å². The van der Waals surface area contributed by atoms with E-state index < -0.39 is 11.0 Å².